The van der Waals surface area contributed by atoms with Crippen molar-refractivity contribution in [3.05, 3.63) is 67.0 Å². The van der Waals surface area contributed by atoms with Gasteiger partial charge in [-0.3, -0.25) is 0 Å². The van der Waals surface area contributed by atoms with Crippen LogP contribution >= 0.6 is 0 Å². The zero-order chi connectivity index (χ0) is 14.5. The van der Waals surface area contributed by atoms with Gasteiger partial charge in [0, 0.05) is 19.4 Å². The van der Waals surface area contributed by atoms with Crippen molar-refractivity contribution in [3.8, 4) is 22.8 Å². The predicted octanol–water partition coefficient (Wildman–Crippen LogP) is 3.98. The van der Waals surface area contributed by atoms with E-state index in [1.807, 2.05) is 42.5 Å². The first-order valence-corrected chi connectivity index (χ1v) is 6.69. The molecule has 0 saturated carbocycles. The van der Waals surface area contributed by atoms with Gasteiger partial charge >= 0.3 is 0 Å². The van der Waals surface area contributed by atoms with Crippen molar-refractivity contribution in [1.82, 2.24) is 9.97 Å². The highest BCUT2D eigenvalue weighted by Gasteiger charge is 2.06. The molecule has 0 saturated heterocycles. The van der Waals surface area contributed by atoms with Crippen LogP contribution in [0.4, 0.5) is 5.82 Å². The minimum Gasteiger partial charge on any atom is -0.436 e. The number of hydrogen-bond acceptors (Lipinski definition) is 4. The van der Waals surface area contributed by atoms with Gasteiger partial charge in [0.2, 0.25) is 0 Å². The van der Waals surface area contributed by atoms with E-state index in [-0.39, 0.29) is 0 Å². The summed E-state index contributed by atoms with van der Waals surface area (Å²) < 4.78 is 5.76. The quantitative estimate of drug-likeness (QED) is 0.783. The van der Waals surface area contributed by atoms with E-state index >= 15 is 0 Å². The summed E-state index contributed by atoms with van der Waals surface area (Å²) in [6, 6.07) is 18.1. The molecule has 1 aromatic heterocycles. The Balaban J connectivity index is 1.82. The average molecular weight is 277 g/mol. The Labute approximate surface area is 123 Å². The number of nitrogens with zero attached hydrogens (tertiary/aromatic N) is 2. The van der Waals surface area contributed by atoms with E-state index in [4.69, 9.17) is 4.74 Å². The third-order valence-electron chi connectivity index (χ3n) is 3.08. The number of nitrogens with one attached hydrogen (secondary N) is 1. The van der Waals surface area contributed by atoms with E-state index in [2.05, 4.69) is 27.4 Å². The zero-order valence-corrected chi connectivity index (χ0v) is 11.7. The molecule has 104 valence electrons. The molecule has 0 aliphatic heterocycles. The number of anilines is 1. The number of benzene rings is 2. The summed E-state index contributed by atoms with van der Waals surface area (Å²) in [4.78, 5) is 8.34. The van der Waals surface area contributed by atoms with Crippen LogP contribution in [0, 0.1) is 0 Å². The molecule has 1 heterocycles. The lowest BCUT2D eigenvalue weighted by atomic mass is 10.1. The molecule has 3 aromatic rings. The maximum absolute atomic E-state index is 5.76. The Bertz CT molecular complexity index is 712. The van der Waals surface area contributed by atoms with Crippen molar-refractivity contribution in [1.29, 1.82) is 0 Å². The van der Waals surface area contributed by atoms with E-state index in [9.17, 15) is 0 Å². The van der Waals surface area contributed by atoms with E-state index < -0.39 is 0 Å². The lowest BCUT2D eigenvalue weighted by Gasteiger charge is -2.09. The lowest BCUT2D eigenvalue weighted by molar-refractivity contribution is 0.463. The minimum atomic E-state index is 0.465. The number of rotatable bonds is 4. The average Bonchev–Trinajstić information content (AvgIpc) is 2.57. The lowest BCUT2D eigenvalue weighted by Crippen LogP contribution is -1.98. The summed E-state index contributed by atoms with van der Waals surface area (Å²) in [7, 11) is 1.79. The van der Waals surface area contributed by atoms with Crippen LogP contribution in [0.15, 0.2) is 67.0 Å². The predicted molar refractivity (Wildman–Crippen MR) is 83.5 cm³/mol. The Morgan fingerprint density at radius 2 is 1.48 bits per heavy atom. The summed E-state index contributed by atoms with van der Waals surface area (Å²) in [5, 5.41) is 2.95. The summed E-state index contributed by atoms with van der Waals surface area (Å²) in [6.07, 6.45) is 3.23. The fourth-order valence-corrected chi connectivity index (χ4v) is 2.03. The van der Waals surface area contributed by atoms with Crippen molar-refractivity contribution in [2.45, 2.75) is 0 Å². The maximum Gasteiger partial charge on any atom is 0.262 e. The van der Waals surface area contributed by atoms with Gasteiger partial charge in [-0.1, -0.05) is 42.5 Å². The second-order valence-electron chi connectivity index (χ2n) is 4.45. The number of ether oxygens (including phenoxy) is 1. The third kappa shape index (κ3) is 3.00. The molecule has 3 rings (SSSR count). The molecule has 0 amide bonds. The molecular weight excluding hydrogens is 262 g/mol. The monoisotopic (exact) mass is 277 g/mol. The van der Waals surface area contributed by atoms with E-state index in [0.29, 0.717) is 11.7 Å². The highest BCUT2D eigenvalue weighted by Crippen LogP contribution is 2.27. The van der Waals surface area contributed by atoms with Gasteiger partial charge in [-0.15, -0.1) is 0 Å². The smallest absolute Gasteiger partial charge is 0.262 e. The molecule has 0 spiro atoms. The Hall–Kier alpha value is -2.88. The van der Waals surface area contributed by atoms with Crippen LogP contribution in [-0.4, -0.2) is 17.0 Å². The van der Waals surface area contributed by atoms with Crippen LogP contribution in [0.1, 0.15) is 0 Å². The first kappa shape index (κ1) is 13.1. The molecule has 0 bridgehead atoms. The minimum absolute atomic E-state index is 0.465. The van der Waals surface area contributed by atoms with Crippen molar-refractivity contribution in [3.63, 3.8) is 0 Å². The van der Waals surface area contributed by atoms with Crippen LogP contribution < -0.4 is 10.1 Å². The molecule has 0 fully saturated rings. The molecule has 21 heavy (non-hydrogen) atoms. The molecule has 4 nitrogen and oxygen atoms in total. The Morgan fingerprint density at radius 1 is 0.810 bits per heavy atom. The molecule has 4 heteroatoms. The second-order valence-corrected chi connectivity index (χ2v) is 4.45. The van der Waals surface area contributed by atoms with E-state index in [0.717, 1.165) is 11.3 Å². The molecule has 1 N–H and O–H groups in total. The van der Waals surface area contributed by atoms with Crippen molar-refractivity contribution in [2.24, 2.45) is 0 Å². The van der Waals surface area contributed by atoms with Gasteiger partial charge < -0.3 is 10.1 Å². The normalized spacial score (nSPS) is 10.1. The van der Waals surface area contributed by atoms with Crippen molar-refractivity contribution < 1.29 is 4.74 Å². The van der Waals surface area contributed by atoms with Crippen LogP contribution in [-0.2, 0) is 0 Å². The van der Waals surface area contributed by atoms with Crippen molar-refractivity contribution >= 4 is 5.82 Å². The molecule has 0 unspecified atom stereocenters. The highest BCUT2D eigenvalue weighted by molar-refractivity contribution is 5.64. The van der Waals surface area contributed by atoms with Gasteiger partial charge in [0.25, 0.3) is 5.88 Å². The third-order valence-corrected chi connectivity index (χ3v) is 3.08. The topological polar surface area (TPSA) is 47.0 Å². The van der Waals surface area contributed by atoms with Gasteiger partial charge in [0.05, 0.1) is 0 Å². The van der Waals surface area contributed by atoms with Crippen LogP contribution in [0.3, 0.4) is 0 Å². The Morgan fingerprint density at radius 3 is 2.19 bits per heavy atom. The SMILES string of the molecule is CNc1nccnc1Oc1ccc(-c2ccccc2)cc1. The van der Waals surface area contributed by atoms with Gasteiger partial charge in [-0.2, -0.15) is 0 Å². The fraction of sp³-hybridized carbons (Fsp3) is 0.0588. The molecule has 0 radical (unpaired) electrons. The van der Waals surface area contributed by atoms with Crippen molar-refractivity contribution in [2.75, 3.05) is 12.4 Å². The van der Waals surface area contributed by atoms with Gasteiger partial charge in [-0.25, -0.2) is 9.97 Å². The highest BCUT2D eigenvalue weighted by atomic mass is 16.5. The maximum atomic E-state index is 5.76. The van der Waals surface area contributed by atoms with Gasteiger partial charge in [-0.05, 0) is 23.3 Å². The van der Waals surface area contributed by atoms with E-state index in [1.54, 1.807) is 19.4 Å². The second kappa shape index (κ2) is 6.05. The molecule has 0 aliphatic carbocycles. The number of aromatic nitrogens is 2. The molecule has 0 aliphatic rings. The molecule has 2 aromatic carbocycles. The zero-order valence-electron chi connectivity index (χ0n) is 11.7. The standard InChI is InChI=1S/C17H15N3O/c1-18-16-17(20-12-11-19-16)21-15-9-7-14(8-10-15)13-5-3-2-4-6-13/h2-12H,1H3,(H,18,19). The van der Waals surface area contributed by atoms with Crippen LogP contribution in [0.2, 0.25) is 0 Å². The van der Waals surface area contributed by atoms with Gasteiger partial charge in [0.15, 0.2) is 5.82 Å². The van der Waals surface area contributed by atoms with E-state index in [1.165, 1.54) is 5.56 Å². The first-order chi connectivity index (χ1) is 10.4. The molecular formula is C17H15N3O. The van der Waals surface area contributed by atoms with Crippen LogP contribution in [0.25, 0.3) is 11.1 Å². The summed E-state index contributed by atoms with van der Waals surface area (Å²) >= 11 is 0. The van der Waals surface area contributed by atoms with Crippen LogP contribution in [0.5, 0.6) is 11.6 Å². The Kier molecular flexibility index (Phi) is 3.78. The molecule has 0 atom stereocenters. The summed E-state index contributed by atoms with van der Waals surface area (Å²) in [5.74, 6) is 1.81. The first-order valence-electron chi connectivity index (χ1n) is 6.69. The summed E-state index contributed by atoms with van der Waals surface area (Å²) in [6.45, 7) is 0. The fourth-order valence-electron chi connectivity index (χ4n) is 2.03. The largest absolute Gasteiger partial charge is 0.436 e. The number of hydrogen-bond donors (Lipinski definition) is 1. The summed E-state index contributed by atoms with van der Waals surface area (Å²) in [5.41, 5.74) is 2.33. The van der Waals surface area contributed by atoms with Gasteiger partial charge in [0.1, 0.15) is 5.75 Å².